The monoisotopic (exact) mass is 338 g/mol. The standard InChI is InChI=1S/C13H17F3N2O3S/c1-9-4-5-10(13(14,15)16)8-11(9)17-12(19)18(2)6-7-22(3,20)21/h4-5,8H,6-7H2,1-3H3,(H,17,19). The van der Waals surface area contributed by atoms with Crippen molar-refractivity contribution in [2.45, 2.75) is 13.1 Å². The van der Waals surface area contributed by atoms with Crippen LogP contribution in [0.15, 0.2) is 18.2 Å². The summed E-state index contributed by atoms with van der Waals surface area (Å²) in [7, 11) is -1.87. The van der Waals surface area contributed by atoms with Crippen LogP contribution in [-0.2, 0) is 16.0 Å². The van der Waals surface area contributed by atoms with E-state index in [2.05, 4.69) is 5.32 Å². The number of nitrogens with zero attached hydrogens (tertiary/aromatic N) is 1. The number of alkyl halides is 3. The minimum atomic E-state index is -4.50. The largest absolute Gasteiger partial charge is 0.416 e. The van der Waals surface area contributed by atoms with E-state index in [1.54, 1.807) is 6.92 Å². The van der Waals surface area contributed by atoms with E-state index in [0.29, 0.717) is 5.56 Å². The number of sulfone groups is 1. The predicted molar refractivity (Wildman–Crippen MR) is 77.5 cm³/mol. The van der Waals surface area contributed by atoms with E-state index < -0.39 is 27.6 Å². The Morgan fingerprint density at radius 3 is 2.41 bits per heavy atom. The summed E-state index contributed by atoms with van der Waals surface area (Å²) in [6.07, 6.45) is -3.47. The van der Waals surface area contributed by atoms with Gasteiger partial charge in [-0.25, -0.2) is 13.2 Å². The van der Waals surface area contributed by atoms with Crippen molar-refractivity contribution in [2.24, 2.45) is 0 Å². The summed E-state index contributed by atoms with van der Waals surface area (Å²) >= 11 is 0. The van der Waals surface area contributed by atoms with Crippen molar-refractivity contribution in [3.8, 4) is 0 Å². The molecule has 1 rings (SSSR count). The van der Waals surface area contributed by atoms with Crippen LogP contribution in [0.2, 0.25) is 0 Å². The Hall–Kier alpha value is -1.77. The minimum Gasteiger partial charge on any atom is -0.327 e. The van der Waals surface area contributed by atoms with Gasteiger partial charge in [0.1, 0.15) is 9.84 Å². The molecule has 0 aliphatic carbocycles. The molecular formula is C13H17F3N2O3S. The summed E-state index contributed by atoms with van der Waals surface area (Å²) in [5.74, 6) is -0.224. The number of anilines is 1. The second-order valence-electron chi connectivity index (χ2n) is 5.01. The van der Waals surface area contributed by atoms with Crippen LogP contribution in [0.25, 0.3) is 0 Å². The number of carbonyl (C=O) groups excluding carboxylic acids is 1. The molecule has 1 N–H and O–H groups in total. The van der Waals surface area contributed by atoms with Gasteiger partial charge in [0.2, 0.25) is 0 Å². The lowest BCUT2D eigenvalue weighted by atomic mass is 10.1. The molecule has 0 aromatic heterocycles. The average molecular weight is 338 g/mol. The van der Waals surface area contributed by atoms with Gasteiger partial charge in [-0.05, 0) is 24.6 Å². The molecule has 0 fully saturated rings. The average Bonchev–Trinajstić information content (AvgIpc) is 2.36. The van der Waals surface area contributed by atoms with Crippen molar-refractivity contribution in [3.63, 3.8) is 0 Å². The number of nitrogens with one attached hydrogen (secondary N) is 1. The molecule has 0 heterocycles. The van der Waals surface area contributed by atoms with E-state index in [-0.39, 0.29) is 18.0 Å². The van der Waals surface area contributed by atoms with Crippen molar-refractivity contribution >= 4 is 21.6 Å². The summed E-state index contributed by atoms with van der Waals surface area (Å²) in [5, 5.41) is 2.35. The maximum Gasteiger partial charge on any atom is 0.416 e. The van der Waals surface area contributed by atoms with Crippen LogP contribution in [0.3, 0.4) is 0 Å². The first-order valence-electron chi connectivity index (χ1n) is 6.28. The van der Waals surface area contributed by atoms with Gasteiger partial charge in [0.25, 0.3) is 0 Å². The molecule has 0 atom stereocenters. The maximum absolute atomic E-state index is 12.7. The van der Waals surface area contributed by atoms with E-state index in [1.165, 1.54) is 13.1 Å². The van der Waals surface area contributed by atoms with Crippen molar-refractivity contribution < 1.29 is 26.4 Å². The molecule has 9 heteroatoms. The van der Waals surface area contributed by atoms with Crippen LogP contribution < -0.4 is 5.32 Å². The maximum atomic E-state index is 12.7. The third-order valence-corrected chi connectivity index (χ3v) is 3.87. The molecule has 1 aromatic carbocycles. The van der Waals surface area contributed by atoms with Gasteiger partial charge in [-0.15, -0.1) is 0 Å². The highest BCUT2D eigenvalue weighted by Gasteiger charge is 2.31. The Morgan fingerprint density at radius 2 is 1.91 bits per heavy atom. The number of hydrogen-bond acceptors (Lipinski definition) is 3. The normalized spacial score (nSPS) is 12.1. The van der Waals surface area contributed by atoms with Crippen molar-refractivity contribution in [1.29, 1.82) is 0 Å². The molecular weight excluding hydrogens is 321 g/mol. The van der Waals surface area contributed by atoms with Crippen LogP contribution in [0.1, 0.15) is 11.1 Å². The number of benzene rings is 1. The van der Waals surface area contributed by atoms with Crippen LogP contribution in [0.5, 0.6) is 0 Å². The van der Waals surface area contributed by atoms with Gasteiger partial charge in [-0.2, -0.15) is 13.2 Å². The van der Waals surface area contributed by atoms with E-state index in [1.807, 2.05) is 0 Å². The fourth-order valence-corrected chi connectivity index (χ4v) is 2.15. The molecule has 0 aliphatic heterocycles. The fraction of sp³-hybridized carbons (Fsp3) is 0.462. The zero-order valence-corrected chi connectivity index (χ0v) is 13.2. The van der Waals surface area contributed by atoms with E-state index in [4.69, 9.17) is 0 Å². The lowest BCUT2D eigenvalue weighted by Crippen LogP contribution is -2.35. The molecule has 0 aliphatic rings. The highest BCUT2D eigenvalue weighted by molar-refractivity contribution is 7.90. The summed E-state index contributed by atoms with van der Waals surface area (Å²) in [6.45, 7) is 1.51. The number of halogens is 3. The first kappa shape index (κ1) is 18.3. The number of amides is 2. The summed E-state index contributed by atoms with van der Waals surface area (Å²) in [6, 6.07) is 2.36. The summed E-state index contributed by atoms with van der Waals surface area (Å²) < 4.78 is 60.1. The first-order chi connectivity index (χ1) is 9.90. The molecule has 0 saturated heterocycles. The molecule has 0 unspecified atom stereocenters. The van der Waals surface area contributed by atoms with E-state index in [9.17, 15) is 26.4 Å². The molecule has 124 valence electrons. The van der Waals surface area contributed by atoms with Crippen LogP contribution in [-0.4, -0.2) is 44.9 Å². The van der Waals surface area contributed by atoms with E-state index >= 15 is 0 Å². The summed E-state index contributed by atoms with van der Waals surface area (Å²) in [4.78, 5) is 13.0. The van der Waals surface area contributed by atoms with Gasteiger partial charge in [-0.1, -0.05) is 6.07 Å². The molecule has 2 amide bonds. The minimum absolute atomic E-state index is 0.0334. The second-order valence-corrected chi connectivity index (χ2v) is 7.27. The first-order valence-corrected chi connectivity index (χ1v) is 8.34. The van der Waals surface area contributed by atoms with Crippen LogP contribution >= 0.6 is 0 Å². The van der Waals surface area contributed by atoms with Gasteiger partial charge in [0.05, 0.1) is 11.3 Å². The molecule has 0 bridgehead atoms. The van der Waals surface area contributed by atoms with Gasteiger partial charge in [0.15, 0.2) is 0 Å². The lowest BCUT2D eigenvalue weighted by molar-refractivity contribution is -0.137. The number of urea groups is 1. The zero-order chi connectivity index (χ0) is 17.1. The highest BCUT2D eigenvalue weighted by atomic mass is 32.2. The van der Waals surface area contributed by atoms with Crippen molar-refractivity contribution in [1.82, 2.24) is 4.90 Å². The van der Waals surface area contributed by atoms with Gasteiger partial charge < -0.3 is 10.2 Å². The molecule has 5 nitrogen and oxygen atoms in total. The van der Waals surface area contributed by atoms with Crippen LogP contribution in [0, 0.1) is 6.92 Å². The third-order valence-electron chi connectivity index (χ3n) is 2.95. The molecule has 22 heavy (non-hydrogen) atoms. The van der Waals surface area contributed by atoms with E-state index in [0.717, 1.165) is 23.3 Å². The smallest absolute Gasteiger partial charge is 0.327 e. The SMILES string of the molecule is Cc1ccc(C(F)(F)F)cc1NC(=O)N(C)CCS(C)(=O)=O. The van der Waals surface area contributed by atoms with Crippen molar-refractivity contribution in [2.75, 3.05) is 30.9 Å². The Bertz CT molecular complexity index is 657. The molecule has 1 aromatic rings. The Kier molecular flexibility index (Phi) is 5.44. The number of rotatable bonds is 4. The topological polar surface area (TPSA) is 66.5 Å². The van der Waals surface area contributed by atoms with Gasteiger partial charge in [-0.3, -0.25) is 0 Å². The number of carbonyl (C=O) groups is 1. The molecule has 0 radical (unpaired) electrons. The zero-order valence-electron chi connectivity index (χ0n) is 12.4. The Labute approximate surface area is 127 Å². The fourth-order valence-electron chi connectivity index (χ4n) is 1.55. The van der Waals surface area contributed by atoms with Crippen LogP contribution in [0.4, 0.5) is 23.7 Å². The molecule has 0 saturated carbocycles. The predicted octanol–water partition coefficient (Wildman–Crippen LogP) is 2.52. The van der Waals surface area contributed by atoms with Gasteiger partial charge >= 0.3 is 12.2 Å². The van der Waals surface area contributed by atoms with Gasteiger partial charge in [0, 0.05) is 25.5 Å². The summed E-state index contributed by atoms with van der Waals surface area (Å²) in [5.41, 5.74) is -0.365. The highest BCUT2D eigenvalue weighted by Crippen LogP contribution is 2.32. The quantitative estimate of drug-likeness (QED) is 0.917. The number of aryl methyl sites for hydroxylation is 1. The Morgan fingerprint density at radius 1 is 1.32 bits per heavy atom. The Balaban J connectivity index is 2.83. The second kappa shape index (κ2) is 6.55. The number of hydrogen-bond donors (Lipinski definition) is 1. The third kappa shape index (κ3) is 5.55. The molecule has 0 spiro atoms. The lowest BCUT2D eigenvalue weighted by Gasteiger charge is -2.19. The van der Waals surface area contributed by atoms with Crippen molar-refractivity contribution in [3.05, 3.63) is 29.3 Å².